The van der Waals surface area contributed by atoms with E-state index in [1.54, 1.807) is 0 Å². The first-order chi connectivity index (χ1) is 7.51. The van der Waals surface area contributed by atoms with Gasteiger partial charge in [0.25, 0.3) is 0 Å². The molecule has 0 unspecified atom stereocenters. The predicted octanol–water partition coefficient (Wildman–Crippen LogP) is 1.65. The highest BCUT2D eigenvalue weighted by molar-refractivity contribution is 6.32. The Balaban J connectivity index is 0.00000256. The van der Waals surface area contributed by atoms with E-state index >= 15 is 0 Å². The Morgan fingerprint density at radius 2 is 2.06 bits per heavy atom. The van der Waals surface area contributed by atoms with Gasteiger partial charge in [-0.05, 0) is 17.7 Å². The Labute approximate surface area is 110 Å². The number of nitrogens with two attached hydrogens (primary N) is 1. The maximum absolute atomic E-state index is 11.2. The van der Waals surface area contributed by atoms with Crippen LogP contribution in [0.1, 0.15) is 11.6 Å². The lowest BCUT2D eigenvalue weighted by molar-refractivity contribution is -0.142. The van der Waals surface area contributed by atoms with Crippen molar-refractivity contribution in [3.05, 3.63) is 22.7 Å². The Morgan fingerprint density at radius 3 is 2.53 bits per heavy atom. The fourth-order valence-corrected chi connectivity index (χ4v) is 1.41. The van der Waals surface area contributed by atoms with Gasteiger partial charge in [-0.2, -0.15) is 0 Å². The molecular weight excluding hydrogens is 269 g/mol. The van der Waals surface area contributed by atoms with Crippen LogP contribution in [0.4, 0.5) is 0 Å². The standard InChI is InChI=1S/C10H12ClNO4.ClH/c1-15-7-4-5(3-6(11)9(7)13)8(12)10(14)16-2;/h3-4,8,13H,12H2,1-2H3;1H/t8-;/m0./s1. The molecule has 0 saturated carbocycles. The van der Waals surface area contributed by atoms with E-state index in [1.165, 1.54) is 26.4 Å². The molecule has 0 fully saturated rings. The van der Waals surface area contributed by atoms with Gasteiger partial charge >= 0.3 is 5.97 Å². The molecule has 5 nitrogen and oxygen atoms in total. The lowest BCUT2D eigenvalue weighted by atomic mass is 10.1. The first kappa shape index (κ1) is 15.8. The van der Waals surface area contributed by atoms with Gasteiger partial charge in [0.05, 0.1) is 19.2 Å². The van der Waals surface area contributed by atoms with E-state index in [0.717, 1.165) is 0 Å². The van der Waals surface area contributed by atoms with Crippen LogP contribution in [0.25, 0.3) is 0 Å². The quantitative estimate of drug-likeness (QED) is 0.824. The molecule has 17 heavy (non-hydrogen) atoms. The highest BCUT2D eigenvalue weighted by Gasteiger charge is 2.19. The summed E-state index contributed by atoms with van der Waals surface area (Å²) in [5, 5.41) is 9.55. The zero-order valence-corrected chi connectivity index (χ0v) is 10.8. The summed E-state index contributed by atoms with van der Waals surface area (Å²) in [4.78, 5) is 11.2. The number of esters is 1. The third-order valence-corrected chi connectivity index (χ3v) is 2.37. The second kappa shape index (κ2) is 6.54. The molecule has 0 aliphatic rings. The Hall–Kier alpha value is -1.17. The molecule has 0 aromatic heterocycles. The van der Waals surface area contributed by atoms with Crippen molar-refractivity contribution in [1.82, 2.24) is 0 Å². The van der Waals surface area contributed by atoms with E-state index in [4.69, 9.17) is 22.1 Å². The van der Waals surface area contributed by atoms with Gasteiger partial charge < -0.3 is 20.3 Å². The van der Waals surface area contributed by atoms with E-state index < -0.39 is 12.0 Å². The molecule has 0 heterocycles. The zero-order chi connectivity index (χ0) is 12.3. The van der Waals surface area contributed by atoms with Crippen molar-refractivity contribution in [3.8, 4) is 11.5 Å². The molecule has 1 aromatic carbocycles. The summed E-state index contributed by atoms with van der Waals surface area (Å²) in [6.45, 7) is 0. The Bertz CT molecular complexity index is 412. The first-order valence-corrected chi connectivity index (χ1v) is 4.78. The molecule has 1 atom stereocenters. The van der Waals surface area contributed by atoms with Gasteiger partial charge in [0.15, 0.2) is 11.5 Å². The highest BCUT2D eigenvalue weighted by atomic mass is 35.5. The Kier molecular flexibility index (Phi) is 6.09. The highest BCUT2D eigenvalue weighted by Crippen LogP contribution is 2.36. The van der Waals surface area contributed by atoms with Crippen molar-refractivity contribution in [2.45, 2.75) is 6.04 Å². The molecule has 0 aliphatic heterocycles. The maximum atomic E-state index is 11.2. The molecule has 7 heteroatoms. The molecule has 1 aromatic rings. The van der Waals surface area contributed by atoms with Crippen molar-refractivity contribution in [2.24, 2.45) is 5.73 Å². The van der Waals surface area contributed by atoms with E-state index in [9.17, 15) is 9.90 Å². The van der Waals surface area contributed by atoms with Crippen LogP contribution in [-0.4, -0.2) is 25.3 Å². The lowest BCUT2D eigenvalue weighted by Crippen LogP contribution is -2.22. The van der Waals surface area contributed by atoms with Crippen molar-refractivity contribution < 1.29 is 19.4 Å². The predicted molar refractivity (Wildman–Crippen MR) is 65.9 cm³/mol. The SMILES string of the molecule is COC(=O)[C@@H](N)c1cc(Cl)c(O)c(OC)c1.Cl. The smallest absolute Gasteiger partial charge is 0.327 e. The summed E-state index contributed by atoms with van der Waals surface area (Å²) in [5.74, 6) is -0.629. The normalized spacial score (nSPS) is 11.3. The number of hydrogen-bond donors (Lipinski definition) is 2. The lowest BCUT2D eigenvalue weighted by Gasteiger charge is -2.12. The number of phenolic OH excluding ortho intramolecular Hbond substituents is 1. The largest absolute Gasteiger partial charge is 0.503 e. The van der Waals surface area contributed by atoms with Crippen LogP contribution in [-0.2, 0) is 9.53 Å². The van der Waals surface area contributed by atoms with Crippen molar-refractivity contribution in [3.63, 3.8) is 0 Å². The van der Waals surface area contributed by atoms with Crippen LogP contribution in [0.15, 0.2) is 12.1 Å². The fourth-order valence-electron chi connectivity index (χ4n) is 1.19. The fraction of sp³-hybridized carbons (Fsp3) is 0.300. The summed E-state index contributed by atoms with van der Waals surface area (Å²) in [6.07, 6.45) is 0. The molecule has 96 valence electrons. The minimum Gasteiger partial charge on any atom is -0.503 e. The monoisotopic (exact) mass is 281 g/mol. The first-order valence-electron chi connectivity index (χ1n) is 4.41. The second-order valence-electron chi connectivity index (χ2n) is 3.05. The minimum atomic E-state index is -0.961. The average molecular weight is 282 g/mol. The van der Waals surface area contributed by atoms with E-state index in [2.05, 4.69) is 4.74 Å². The van der Waals surface area contributed by atoms with Gasteiger partial charge in [0, 0.05) is 0 Å². The molecule has 0 amide bonds. The number of hydrogen-bond acceptors (Lipinski definition) is 5. The molecule has 0 radical (unpaired) electrons. The summed E-state index contributed by atoms with van der Waals surface area (Å²) >= 11 is 5.75. The topological polar surface area (TPSA) is 81.8 Å². The second-order valence-corrected chi connectivity index (χ2v) is 3.46. The summed E-state index contributed by atoms with van der Waals surface area (Å²) in [6, 6.07) is 1.86. The van der Waals surface area contributed by atoms with Gasteiger partial charge in [-0.3, -0.25) is 4.79 Å². The van der Waals surface area contributed by atoms with Crippen LogP contribution < -0.4 is 10.5 Å². The molecule has 1 rings (SSSR count). The summed E-state index contributed by atoms with van der Waals surface area (Å²) < 4.78 is 9.39. The number of benzene rings is 1. The number of halogens is 2. The number of aromatic hydroxyl groups is 1. The molecule has 0 saturated heterocycles. The molecule has 0 spiro atoms. The van der Waals surface area contributed by atoms with Crippen molar-refractivity contribution >= 4 is 30.0 Å². The molecule has 3 N–H and O–H groups in total. The maximum Gasteiger partial charge on any atom is 0.327 e. The van der Waals surface area contributed by atoms with Gasteiger partial charge in [0.1, 0.15) is 6.04 Å². The number of phenols is 1. The van der Waals surface area contributed by atoms with Gasteiger partial charge in [-0.1, -0.05) is 11.6 Å². The van der Waals surface area contributed by atoms with E-state index in [1.807, 2.05) is 0 Å². The third-order valence-electron chi connectivity index (χ3n) is 2.08. The summed E-state index contributed by atoms with van der Waals surface area (Å²) in [7, 11) is 2.61. The van der Waals surface area contributed by atoms with Gasteiger partial charge in [-0.25, -0.2) is 0 Å². The molecule has 0 bridgehead atoms. The number of ether oxygens (including phenoxy) is 2. The summed E-state index contributed by atoms with van der Waals surface area (Å²) in [5.41, 5.74) is 6.03. The van der Waals surface area contributed by atoms with Crippen molar-refractivity contribution in [2.75, 3.05) is 14.2 Å². The van der Waals surface area contributed by atoms with Crippen LogP contribution in [0.5, 0.6) is 11.5 Å². The van der Waals surface area contributed by atoms with Gasteiger partial charge in [0.2, 0.25) is 0 Å². The Morgan fingerprint density at radius 1 is 1.47 bits per heavy atom. The molecule has 0 aliphatic carbocycles. The van der Waals surface area contributed by atoms with Crippen LogP contribution >= 0.6 is 24.0 Å². The van der Waals surface area contributed by atoms with Gasteiger partial charge in [-0.15, -0.1) is 12.4 Å². The zero-order valence-electron chi connectivity index (χ0n) is 9.27. The minimum absolute atomic E-state index is 0. The number of carbonyl (C=O) groups is 1. The van der Waals surface area contributed by atoms with E-state index in [0.29, 0.717) is 5.56 Å². The number of carbonyl (C=O) groups excluding carboxylic acids is 1. The van der Waals surface area contributed by atoms with Crippen LogP contribution in [0.3, 0.4) is 0 Å². The number of rotatable bonds is 3. The van der Waals surface area contributed by atoms with E-state index in [-0.39, 0.29) is 28.9 Å². The average Bonchev–Trinajstić information content (AvgIpc) is 2.30. The third kappa shape index (κ3) is 3.39. The van der Waals surface area contributed by atoms with Crippen molar-refractivity contribution in [1.29, 1.82) is 0 Å². The van der Waals surface area contributed by atoms with Crippen LogP contribution in [0.2, 0.25) is 5.02 Å². The molecular formula is C10H13Cl2NO4. The van der Waals surface area contributed by atoms with Crippen LogP contribution in [0, 0.1) is 0 Å². The number of methoxy groups -OCH3 is 2.